The molecule has 0 saturated carbocycles. The predicted molar refractivity (Wildman–Crippen MR) is 65.9 cm³/mol. The van der Waals surface area contributed by atoms with Crippen molar-refractivity contribution in [1.82, 2.24) is 4.90 Å². The first kappa shape index (κ1) is 14.9. The second-order valence-electron chi connectivity index (χ2n) is 4.29. The molecule has 0 aromatic heterocycles. The molecular weight excluding hydrogens is 188 g/mol. The summed E-state index contributed by atoms with van der Waals surface area (Å²) in [6, 6.07) is 0.503. The number of aliphatic hydroxyl groups excluding tert-OH is 1. The van der Waals surface area contributed by atoms with E-state index in [9.17, 15) is 5.11 Å². The van der Waals surface area contributed by atoms with E-state index < -0.39 is 0 Å². The van der Waals surface area contributed by atoms with Crippen LogP contribution in [0.3, 0.4) is 0 Å². The molecule has 0 aromatic carbocycles. The summed E-state index contributed by atoms with van der Waals surface area (Å²) in [7, 11) is 0. The van der Waals surface area contributed by atoms with Crippen molar-refractivity contribution in [3.05, 3.63) is 0 Å². The summed E-state index contributed by atoms with van der Waals surface area (Å²) in [6.07, 6.45) is 2.39. The molecule has 3 N–H and O–H groups in total. The molecular formula is C12H28N2O. The van der Waals surface area contributed by atoms with Crippen LogP contribution in [0.4, 0.5) is 0 Å². The molecule has 0 heterocycles. The van der Waals surface area contributed by atoms with Crippen LogP contribution in [0, 0.1) is 0 Å². The lowest BCUT2D eigenvalue weighted by atomic mass is 10.0. The third kappa shape index (κ3) is 5.50. The number of aliphatic hydroxyl groups is 1. The van der Waals surface area contributed by atoms with E-state index in [4.69, 9.17) is 5.73 Å². The summed E-state index contributed by atoms with van der Waals surface area (Å²) in [5, 5.41) is 9.55. The van der Waals surface area contributed by atoms with Gasteiger partial charge in [-0.3, -0.25) is 0 Å². The van der Waals surface area contributed by atoms with Gasteiger partial charge >= 0.3 is 0 Å². The Kier molecular flexibility index (Phi) is 8.02. The highest BCUT2D eigenvalue weighted by molar-refractivity contribution is 4.74. The first-order valence-electron chi connectivity index (χ1n) is 6.24. The molecule has 92 valence electrons. The molecule has 3 unspecified atom stereocenters. The van der Waals surface area contributed by atoms with Gasteiger partial charge in [0.05, 0.1) is 6.10 Å². The first-order valence-corrected chi connectivity index (χ1v) is 6.24. The largest absolute Gasteiger partial charge is 0.392 e. The van der Waals surface area contributed by atoms with Crippen molar-refractivity contribution in [3.63, 3.8) is 0 Å². The maximum atomic E-state index is 9.55. The number of nitrogens with two attached hydrogens (primary N) is 1. The van der Waals surface area contributed by atoms with Crippen LogP contribution in [0.5, 0.6) is 0 Å². The zero-order chi connectivity index (χ0) is 11.8. The Morgan fingerprint density at radius 1 is 1.13 bits per heavy atom. The van der Waals surface area contributed by atoms with Crippen molar-refractivity contribution in [2.75, 3.05) is 13.1 Å². The molecule has 3 atom stereocenters. The lowest BCUT2D eigenvalue weighted by molar-refractivity contribution is 0.127. The van der Waals surface area contributed by atoms with Crippen LogP contribution < -0.4 is 5.73 Å². The highest BCUT2D eigenvalue weighted by Crippen LogP contribution is 2.10. The van der Waals surface area contributed by atoms with E-state index in [1.165, 1.54) is 0 Å². The zero-order valence-corrected chi connectivity index (χ0v) is 10.7. The van der Waals surface area contributed by atoms with Crippen molar-refractivity contribution >= 4 is 0 Å². The van der Waals surface area contributed by atoms with Crippen LogP contribution in [0.2, 0.25) is 0 Å². The van der Waals surface area contributed by atoms with E-state index in [1.54, 1.807) is 0 Å². The minimum absolute atomic E-state index is 0.0620. The maximum Gasteiger partial charge on any atom is 0.0688 e. The quantitative estimate of drug-likeness (QED) is 0.648. The molecule has 0 fully saturated rings. The lowest BCUT2D eigenvalue weighted by Gasteiger charge is -2.28. The average molecular weight is 216 g/mol. The van der Waals surface area contributed by atoms with E-state index in [2.05, 4.69) is 25.7 Å². The fourth-order valence-corrected chi connectivity index (χ4v) is 1.96. The minimum atomic E-state index is -0.339. The SMILES string of the molecule is CCC(O)C(N)CCC(C)N(CC)CC. The molecule has 3 nitrogen and oxygen atoms in total. The lowest BCUT2D eigenvalue weighted by Crippen LogP contribution is -2.38. The van der Waals surface area contributed by atoms with Crippen LogP contribution in [-0.2, 0) is 0 Å². The molecule has 15 heavy (non-hydrogen) atoms. The molecule has 0 spiro atoms. The number of nitrogens with zero attached hydrogens (tertiary/aromatic N) is 1. The van der Waals surface area contributed by atoms with Gasteiger partial charge in [0, 0.05) is 12.1 Å². The van der Waals surface area contributed by atoms with Crippen LogP contribution in [-0.4, -0.2) is 41.3 Å². The van der Waals surface area contributed by atoms with Crippen LogP contribution in [0.1, 0.15) is 47.0 Å². The minimum Gasteiger partial charge on any atom is -0.392 e. The van der Waals surface area contributed by atoms with Crippen molar-refractivity contribution in [3.8, 4) is 0 Å². The second kappa shape index (κ2) is 8.08. The Labute approximate surface area is 94.6 Å². The molecule has 0 rings (SSSR count). The van der Waals surface area contributed by atoms with Crippen LogP contribution in [0.25, 0.3) is 0 Å². The Balaban J connectivity index is 3.83. The van der Waals surface area contributed by atoms with E-state index in [0.29, 0.717) is 6.04 Å². The van der Waals surface area contributed by atoms with Crippen molar-refractivity contribution in [2.24, 2.45) is 5.73 Å². The summed E-state index contributed by atoms with van der Waals surface area (Å²) in [6.45, 7) is 10.7. The van der Waals surface area contributed by atoms with Gasteiger partial charge in [-0.25, -0.2) is 0 Å². The van der Waals surface area contributed by atoms with Crippen LogP contribution >= 0.6 is 0 Å². The highest BCUT2D eigenvalue weighted by Gasteiger charge is 2.16. The Morgan fingerprint density at radius 3 is 2.07 bits per heavy atom. The van der Waals surface area contributed by atoms with Crippen molar-refractivity contribution in [1.29, 1.82) is 0 Å². The Hall–Kier alpha value is -0.120. The number of hydrogen-bond donors (Lipinski definition) is 2. The molecule has 0 aliphatic heterocycles. The second-order valence-corrected chi connectivity index (χ2v) is 4.29. The number of hydrogen-bond acceptors (Lipinski definition) is 3. The molecule has 0 aromatic rings. The molecule has 0 aliphatic carbocycles. The van der Waals surface area contributed by atoms with Gasteiger partial charge in [0.2, 0.25) is 0 Å². The summed E-state index contributed by atoms with van der Waals surface area (Å²) in [5.74, 6) is 0. The van der Waals surface area contributed by atoms with Crippen molar-refractivity contribution in [2.45, 2.75) is 65.1 Å². The van der Waals surface area contributed by atoms with Gasteiger partial charge in [-0.2, -0.15) is 0 Å². The van der Waals surface area contributed by atoms with Gasteiger partial charge in [-0.15, -0.1) is 0 Å². The van der Waals surface area contributed by atoms with Crippen molar-refractivity contribution < 1.29 is 5.11 Å². The molecule has 3 heteroatoms. The van der Waals surface area contributed by atoms with Gasteiger partial charge < -0.3 is 15.7 Å². The van der Waals surface area contributed by atoms with Gasteiger partial charge in [-0.1, -0.05) is 20.8 Å². The molecule has 0 bridgehead atoms. The summed E-state index contributed by atoms with van der Waals surface area (Å²) < 4.78 is 0. The summed E-state index contributed by atoms with van der Waals surface area (Å²) in [5.41, 5.74) is 5.89. The first-order chi connectivity index (χ1) is 7.06. The van der Waals surface area contributed by atoms with E-state index in [1.807, 2.05) is 6.92 Å². The fourth-order valence-electron chi connectivity index (χ4n) is 1.96. The standard InChI is InChI=1S/C12H28N2O/c1-5-12(15)11(13)9-8-10(4)14(6-2)7-3/h10-12,15H,5-9,13H2,1-4H3. The predicted octanol–water partition coefficient (Wildman–Crippen LogP) is 1.60. The Bertz CT molecular complexity index is 149. The molecule has 0 saturated heterocycles. The number of rotatable bonds is 8. The average Bonchev–Trinajstić information content (AvgIpc) is 2.26. The highest BCUT2D eigenvalue weighted by atomic mass is 16.3. The zero-order valence-electron chi connectivity index (χ0n) is 10.7. The normalized spacial score (nSPS) is 17.8. The van der Waals surface area contributed by atoms with Crippen LogP contribution in [0.15, 0.2) is 0 Å². The van der Waals surface area contributed by atoms with Gasteiger partial charge in [0.1, 0.15) is 0 Å². The molecule has 0 aliphatic rings. The maximum absolute atomic E-state index is 9.55. The topological polar surface area (TPSA) is 49.5 Å². The van der Waals surface area contributed by atoms with E-state index in [0.717, 1.165) is 32.4 Å². The fraction of sp³-hybridized carbons (Fsp3) is 1.00. The van der Waals surface area contributed by atoms with Gasteiger partial charge in [-0.05, 0) is 39.3 Å². The summed E-state index contributed by atoms with van der Waals surface area (Å²) >= 11 is 0. The summed E-state index contributed by atoms with van der Waals surface area (Å²) in [4.78, 5) is 2.42. The molecule has 0 amide bonds. The van der Waals surface area contributed by atoms with Gasteiger partial charge in [0.15, 0.2) is 0 Å². The van der Waals surface area contributed by atoms with Gasteiger partial charge in [0.25, 0.3) is 0 Å². The van der Waals surface area contributed by atoms with E-state index >= 15 is 0 Å². The molecule has 0 radical (unpaired) electrons. The third-order valence-corrected chi connectivity index (χ3v) is 3.27. The third-order valence-electron chi connectivity index (χ3n) is 3.27. The smallest absolute Gasteiger partial charge is 0.0688 e. The van der Waals surface area contributed by atoms with E-state index in [-0.39, 0.29) is 12.1 Å². The monoisotopic (exact) mass is 216 g/mol. The Morgan fingerprint density at radius 2 is 1.67 bits per heavy atom.